The fraction of sp³-hybridized carbons (Fsp3) is 0.222. The Morgan fingerprint density at radius 2 is 1.83 bits per heavy atom. The monoisotopic (exact) mass is 346 g/mol. The first-order chi connectivity index (χ1) is 11.1. The normalized spacial score (nSPS) is 11.7. The van der Waals surface area contributed by atoms with Crippen LogP contribution < -0.4 is 0 Å². The summed E-state index contributed by atoms with van der Waals surface area (Å²) in [6.07, 6.45) is 1.16. The lowest BCUT2D eigenvalue weighted by Gasteiger charge is -2.14. The van der Waals surface area contributed by atoms with Crippen LogP contribution in [0.2, 0.25) is 0 Å². The average molecular weight is 346 g/mol. The molecule has 2 aromatic rings. The van der Waals surface area contributed by atoms with Crippen molar-refractivity contribution < 1.29 is 14.6 Å². The summed E-state index contributed by atoms with van der Waals surface area (Å²) in [4.78, 5) is 11.4. The van der Waals surface area contributed by atoms with E-state index in [2.05, 4.69) is 18.2 Å². The van der Waals surface area contributed by atoms with Crippen LogP contribution in [0.5, 0.6) is 0 Å². The molecular weight excluding hydrogens is 328 g/mol. The molecule has 3 nitrogen and oxygen atoms in total. The lowest BCUT2D eigenvalue weighted by atomic mass is 9.96. The second-order valence-electron chi connectivity index (χ2n) is 4.96. The van der Waals surface area contributed by atoms with Crippen molar-refractivity contribution in [3.63, 3.8) is 0 Å². The Bertz CT molecular complexity index is 671. The number of carboxylic acids is 1. The first-order valence-corrected chi connectivity index (χ1v) is 8.51. The number of hydrogen-bond acceptors (Lipinski definition) is 4. The lowest BCUT2D eigenvalue weighted by molar-refractivity contribution is -0.136. The van der Waals surface area contributed by atoms with Gasteiger partial charge in [0, 0.05) is 0 Å². The van der Waals surface area contributed by atoms with Gasteiger partial charge in [-0.1, -0.05) is 66.4 Å². The van der Waals surface area contributed by atoms with Crippen LogP contribution in [0.4, 0.5) is 0 Å². The van der Waals surface area contributed by atoms with E-state index < -0.39 is 11.2 Å². The Labute approximate surface area is 145 Å². The van der Waals surface area contributed by atoms with Crippen molar-refractivity contribution in [1.29, 1.82) is 0 Å². The molecule has 0 spiro atoms. The molecule has 1 N–H and O–H groups in total. The van der Waals surface area contributed by atoms with Crippen molar-refractivity contribution in [2.24, 2.45) is 0 Å². The number of thiocarbonyl (C=S) groups is 1. The molecule has 2 rings (SSSR count). The molecular formula is C18H18O3S2. The zero-order valence-electron chi connectivity index (χ0n) is 12.8. The van der Waals surface area contributed by atoms with Crippen LogP contribution in [0.25, 0.3) is 11.1 Å². The predicted molar refractivity (Wildman–Crippen MR) is 98.8 cm³/mol. The minimum atomic E-state index is -0.869. The molecule has 0 saturated heterocycles. The highest BCUT2D eigenvalue weighted by Gasteiger charge is 2.21. The van der Waals surface area contributed by atoms with Crippen molar-refractivity contribution in [3.8, 4) is 11.1 Å². The fourth-order valence-electron chi connectivity index (χ4n) is 2.32. The van der Waals surface area contributed by atoms with Crippen LogP contribution in [0, 0.1) is 0 Å². The molecule has 0 aliphatic rings. The average Bonchev–Trinajstić information content (AvgIpc) is 2.59. The topological polar surface area (TPSA) is 46.5 Å². The van der Waals surface area contributed by atoms with Crippen LogP contribution in [0.3, 0.4) is 0 Å². The lowest BCUT2D eigenvalue weighted by Crippen LogP contribution is -2.19. The Kier molecular flexibility index (Phi) is 6.62. The van der Waals surface area contributed by atoms with Crippen molar-refractivity contribution >= 4 is 34.3 Å². The molecule has 2 aromatic carbocycles. The second-order valence-corrected chi connectivity index (χ2v) is 6.77. The number of thioether (sulfide) groups is 1. The van der Waals surface area contributed by atoms with Crippen molar-refractivity contribution in [2.45, 2.75) is 18.1 Å². The van der Waals surface area contributed by atoms with E-state index in [9.17, 15) is 9.90 Å². The maximum atomic E-state index is 11.4. The van der Waals surface area contributed by atoms with E-state index in [0.717, 1.165) is 28.5 Å². The van der Waals surface area contributed by atoms with Crippen LogP contribution in [0.1, 0.15) is 12.0 Å². The van der Waals surface area contributed by atoms with E-state index in [0.29, 0.717) is 12.8 Å². The Balaban J connectivity index is 2.14. The van der Waals surface area contributed by atoms with E-state index in [1.54, 1.807) is 0 Å². The maximum Gasteiger partial charge on any atom is 0.317 e. The first-order valence-electron chi connectivity index (χ1n) is 7.22. The largest absolute Gasteiger partial charge is 0.482 e. The molecule has 0 heterocycles. The zero-order valence-corrected chi connectivity index (χ0v) is 14.4. The standard InChI is InChI=1S/C18H18O3S2/c1-21-18(22)23-16(17(19)20)12-11-14-9-5-6-10-15(14)13-7-3-2-4-8-13/h2-10,16H,11-12H2,1H3,(H,19,20). The van der Waals surface area contributed by atoms with Gasteiger partial charge in [0.25, 0.3) is 0 Å². The van der Waals surface area contributed by atoms with Crippen LogP contribution in [0.15, 0.2) is 54.6 Å². The third kappa shape index (κ3) is 5.08. The fourth-order valence-corrected chi connectivity index (χ4v) is 3.33. The third-order valence-electron chi connectivity index (χ3n) is 3.46. The highest BCUT2D eigenvalue weighted by atomic mass is 32.2. The molecule has 120 valence electrons. The second kappa shape index (κ2) is 8.70. The van der Waals surface area contributed by atoms with E-state index in [1.165, 1.54) is 7.11 Å². The molecule has 5 heteroatoms. The van der Waals surface area contributed by atoms with E-state index in [-0.39, 0.29) is 4.38 Å². The van der Waals surface area contributed by atoms with E-state index in [1.807, 2.05) is 36.4 Å². The maximum absolute atomic E-state index is 11.4. The van der Waals surface area contributed by atoms with E-state index >= 15 is 0 Å². The molecule has 1 unspecified atom stereocenters. The molecule has 0 aromatic heterocycles. The first kappa shape index (κ1) is 17.5. The van der Waals surface area contributed by atoms with Gasteiger partial charge >= 0.3 is 5.97 Å². The number of carbonyl (C=O) groups is 1. The summed E-state index contributed by atoms with van der Waals surface area (Å²) in [5.41, 5.74) is 3.40. The van der Waals surface area contributed by atoms with Crippen LogP contribution in [-0.4, -0.2) is 27.8 Å². The SMILES string of the molecule is COC(=S)SC(CCc1ccccc1-c1ccccc1)C(=O)O. The number of aliphatic carboxylic acids is 1. The Hall–Kier alpha value is -1.85. The summed E-state index contributed by atoms with van der Waals surface area (Å²) in [7, 11) is 1.46. The highest BCUT2D eigenvalue weighted by Crippen LogP contribution is 2.27. The van der Waals surface area contributed by atoms with Gasteiger partial charge in [-0.05, 0) is 41.7 Å². The number of hydrogen-bond donors (Lipinski definition) is 1. The molecule has 0 radical (unpaired) electrons. The van der Waals surface area contributed by atoms with Gasteiger partial charge < -0.3 is 9.84 Å². The zero-order chi connectivity index (χ0) is 16.7. The smallest absolute Gasteiger partial charge is 0.317 e. The minimum Gasteiger partial charge on any atom is -0.482 e. The molecule has 1 atom stereocenters. The Morgan fingerprint density at radius 1 is 1.17 bits per heavy atom. The molecule has 23 heavy (non-hydrogen) atoms. The van der Waals surface area contributed by atoms with Gasteiger partial charge in [-0.2, -0.15) is 0 Å². The molecule has 0 amide bonds. The number of aryl methyl sites for hydroxylation is 1. The van der Waals surface area contributed by atoms with Gasteiger partial charge in [0.05, 0.1) is 7.11 Å². The van der Waals surface area contributed by atoms with Crippen molar-refractivity contribution in [3.05, 3.63) is 60.2 Å². The van der Waals surface area contributed by atoms with Crippen molar-refractivity contribution in [1.82, 2.24) is 0 Å². The highest BCUT2D eigenvalue weighted by molar-refractivity contribution is 8.23. The number of methoxy groups -OCH3 is 1. The summed E-state index contributed by atoms with van der Waals surface area (Å²) in [6.45, 7) is 0. The summed E-state index contributed by atoms with van der Waals surface area (Å²) < 4.78 is 5.17. The van der Waals surface area contributed by atoms with Crippen molar-refractivity contribution in [2.75, 3.05) is 7.11 Å². The van der Waals surface area contributed by atoms with Gasteiger partial charge in [-0.25, -0.2) is 0 Å². The minimum absolute atomic E-state index is 0.258. The van der Waals surface area contributed by atoms with Crippen LogP contribution >= 0.6 is 24.0 Å². The van der Waals surface area contributed by atoms with Gasteiger partial charge in [0.2, 0.25) is 4.38 Å². The molecule has 0 aliphatic heterocycles. The number of rotatable bonds is 6. The van der Waals surface area contributed by atoms with Gasteiger partial charge in [0.1, 0.15) is 5.25 Å². The molecule has 0 bridgehead atoms. The summed E-state index contributed by atoms with van der Waals surface area (Å²) in [5.74, 6) is -0.869. The number of benzene rings is 2. The quantitative estimate of drug-likeness (QED) is 0.785. The van der Waals surface area contributed by atoms with Gasteiger partial charge in [-0.3, -0.25) is 4.79 Å². The van der Waals surface area contributed by atoms with Gasteiger partial charge in [-0.15, -0.1) is 0 Å². The Morgan fingerprint density at radius 3 is 2.48 bits per heavy atom. The van der Waals surface area contributed by atoms with Crippen LogP contribution in [-0.2, 0) is 16.0 Å². The molecule has 0 saturated carbocycles. The summed E-state index contributed by atoms with van der Waals surface area (Å²) in [6, 6.07) is 18.2. The summed E-state index contributed by atoms with van der Waals surface area (Å²) in [5, 5.41) is 8.74. The van der Waals surface area contributed by atoms with Gasteiger partial charge in [0.15, 0.2) is 0 Å². The molecule has 0 fully saturated rings. The summed E-state index contributed by atoms with van der Waals surface area (Å²) >= 11 is 6.04. The number of ether oxygens (including phenoxy) is 1. The van der Waals surface area contributed by atoms with E-state index in [4.69, 9.17) is 17.0 Å². The molecule has 0 aliphatic carbocycles. The third-order valence-corrected chi connectivity index (χ3v) is 4.99. The number of carboxylic acid groups (broad SMARTS) is 1. The predicted octanol–water partition coefficient (Wildman–Crippen LogP) is 4.40.